The van der Waals surface area contributed by atoms with Crippen LogP contribution >= 0.6 is 0 Å². The summed E-state index contributed by atoms with van der Waals surface area (Å²) in [7, 11) is 1.92. The van der Waals surface area contributed by atoms with E-state index in [1.807, 2.05) is 25.8 Å². The van der Waals surface area contributed by atoms with Gasteiger partial charge in [0, 0.05) is 13.6 Å². The van der Waals surface area contributed by atoms with Gasteiger partial charge in [0.05, 0.1) is 36.3 Å². The molecule has 0 unspecified atom stereocenters. The smallest absolute Gasteiger partial charge is 0.338 e. The van der Waals surface area contributed by atoms with Gasteiger partial charge in [-0.25, -0.2) is 4.79 Å². The SMILES string of the molecule is CCOC(=O)c1ccc(N)c(N(C)CCOC(C)C)c1. The van der Waals surface area contributed by atoms with E-state index >= 15 is 0 Å². The zero-order chi connectivity index (χ0) is 15.1. The second-order valence-electron chi connectivity index (χ2n) is 4.84. The first kappa shape index (κ1) is 16.3. The standard InChI is InChI=1S/C15H24N2O3/c1-5-19-15(18)12-6-7-13(16)14(10-12)17(4)8-9-20-11(2)3/h6-7,10-11H,5,8-9,16H2,1-4H3. The third-order valence-electron chi connectivity index (χ3n) is 2.83. The summed E-state index contributed by atoms with van der Waals surface area (Å²) in [5.74, 6) is -0.333. The Kier molecular flexibility index (Phi) is 6.31. The maximum atomic E-state index is 11.7. The highest BCUT2D eigenvalue weighted by Gasteiger charge is 2.12. The van der Waals surface area contributed by atoms with Gasteiger partial charge in [0.25, 0.3) is 0 Å². The Balaban J connectivity index is 2.77. The molecule has 0 aliphatic heterocycles. The largest absolute Gasteiger partial charge is 0.462 e. The van der Waals surface area contributed by atoms with Crippen molar-refractivity contribution in [1.82, 2.24) is 0 Å². The van der Waals surface area contributed by atoms with Crippen LogP contribution in [0.3, 0.4) is 0 Å². The number of ether oxygens (including phenoxy) is 2. The summed E-state index contributed by atoms with van der Waals surface area (Å²) in [4.78, 5) is 13.7. The van der Waals surface area contributed by atoms with E-state index in [0.29, 0.717) is 31.0 Å². The summed E-state index contributed by atoms with van der Waals surface area (Å²) in [6.07, 6.45) is 0.201. The summed E-state index contributed by atoms with van der Waals surface area (Å²) >= 11 is 0. The van der Waals surface area contributed by atoms with Crippen molar-refractivity contribution in [3.8, 4) is 0 Å². The van der Waals surface area contributed by atoms with Crippen LogP contribution < -0.4 is 10.6 Å². The molecule has 0 fully saturated rings. The van der Waals surface area contributed by atoms with E-state index in [0.717, 1.165) is 5.69 Å². The number of hydrogen-bond acceptors (Lipinski definition) is 5. The number of carbonyl (C=O) groups excluding carboxylic acids is 1. The monoisotopic (exact) mass is 280 g/mol. The van der Waals surface area contributed by atoms with Gasteiger partial charge in [-0.1, -0.05) is 0 Å². The number of anilines is 2. The minimum Gasteiger partial charge on any atom is -0.462 e. The summed E-state index contributed by atoms with van der Waals surface area (Å²) in [5.41, 5.74) is 7.91. The fourth-order valence-electron chi connectivity index (χ4n) is 1.76. The molecule has 5 nitrogen and oxygen atoms in total. The minimum absolute atomic E-state index is 0.201. The van der Waals surface area contributed by atoms with Crippen molar-refractivity contribution in [1.29, 1.82) is 0 Å². The quantitative estimate of drug-likeness (QED) is 0.613. The van der Waals surface area contributed by atoms with Crippen LogP contribution in [0, 0.1) is 0 Å². The van der Waals surface area contributed by atoms with E-state index in [4.69, 9.17) is 15.2 Å². The molecule has 0 spiro atoms. The normalized spacial score (nSPS) is 10.7. The number of nitrogen functional groups attached to an aromatic ring is 1. The molecule has 2 N–H and O–H groups in total. The molecule has 0 aliphatic rings. The van der Waals surface area contributed by atoms with Gasteiger partial charge in [-0.05, 0) is 39.0 Å². The minimum atomic E-state index is -0.333. The molecular formula is C15H24N2O3. The highest BCUT2D eigenvalue weighted by molar-refractivity contribution is 5.92. The van der Waals surface area contributed by atoms with Gasteiger partial charge in [-0.2, -0.15) is 0 Å². The van der Waals surface area contributed by atoms with Crippen LogP contribution in [-0.2, 0) is 9.47 Å². The van der Waals surface area contributed by atoms with Crippen molar-refractivity contribution in [2.75, 3.05) is 37.4 Å². The number of likely N-dealkylation sites (N-methyl/N-ethyl adjacent to an activating group) is 1. The van der Waals surface area contributed by atoms with E-state index in [-0.39, 0.29) is 12.1 Å². The molecule has 0 aromatic heterocycles. The summed E-state index contributed by atoms with van der Waals surface area (Å²) < 4.78 is 10.5. The molecule has 5 heteroatoms. The van der Waals surface area contributed by atoms with Crippen LogP contribution in [0.15, 0.2) is 18.2 Å². The fourth-order valence-corrected chi connectivity index (χ4v) is 1.76. The molecule has 0 amide bonds. The Morgan fingerprint density at radius 3 is 2.70 bits per heavy atom. The van der Waals surface area contributed by atoms with E-state index in [9.17, 15) is 4.79 Å². The van der Waals surface area contributed by atoms with Crippen molar-refractivity contribution in [3.05, 3.63) is 23.8 Å². The maximum Gasteiger partial charge on any atom is 0.338 e. The topological polar surface area (TPSA) is 64.8 Å². The van der Waals surface area contributed by atoms with Crippen LogP contribution in [0.4, 0.5) is 11.4 Å². The van der Waals surface area contributed by atoms with Crippen LogP contribution in [0.2, 0.25) is 0 Å². The van der Waals surface area contributed by atoms with Gasteiger partial charge in [-0.3, -0.25) is 0 Å². The molecule has 112 valence electrons. The molecule has 0 radical (unpaired) electrons. The van der Waals surface area contributed by atoms with Crippen LogP contribution in [-0.4, -0.2) is 38.9 Å². The molecule has 20 heavy (non-hydrogen) atoms. The highest BCUT2D eigenvalue weighted by Crippen LogP contribution is 2.24. The number of rotatable bonds is 7. The number of nitrogens with zero attached hydrogens (tertiary/aromatic N) is 1. The predicted molar refractivity (Wildman–Crippen MR) is 81.2 cm³/mol. The average Bonchev–Trinajstić information content (AvgIpc) is 2.38. The second kappa shape index (κ2) is 7.75. The summed E-state index contributed by atoms with van der Waals surface area (Å²) in [5, 5.41) is 0. The molecule has 1 aromatic rings. The molecule has 0 saturated heterocycles. The van der Waals surface area contributed by atoms with Crippen LogP contribution in [0.1, 0.15) is 31.1 Å². The van der Waals surface area contributed by atoms with Crippen molar-refractivity contribution < 1.29 is 14.3 Å². The van der Waals surface area contributed by atoms with E-state index in [1.165, 1.54) is 0 Å². The second-order valence-corrected chi connectivity index (χ2v) is 4.84. The lowest BCUT2D eigenvalue weighted by Crippen LogP contribution is -2.25. The van der Waals surface area contributed by atoms with Crippen molar-refractivity contribution >= 4 is 17.3 Å². The van der Waals surface area contributed by atoms with Gasteiger partial charge >= 0.3 is 5.97 Å². The zero-order valence-corrected chi connectivity index (χ0v) is 12.7. The molecular weight excluding hydrogens is 256 g/mol. The molecule has 0 aliphatic carbocycles. The van der Waals surface area contributed by atoms with Crippen molar-refractivity contribution in [2.45, 2.75) is 26.9 Å². The maximum absolute atomic E-state index is 11.7. The number of hydrogen-bond donors (Lipinski definition) is 1. The molecule has 0 bridgehead atoms. The van der Waals surface area contributed by atoms with Gasteiger partial charge in [-0.15, -0.1) is 0 Å². The molecule has 0 saturated carbocycles. The molecule has 1 aromatic carbocycles. The zero-order valence-electron chi connectivity index (χ0n) is 12.7. The van der Waals surface area contributed by atoms with Crippen LogP contribution in [0.25, 0.3) is 0 Å². The molecule has 1 rings (SSSR count). The summed E-state index contributed by atoms with van der Waals surface area (Å²) in [6.45, 7) is 7.44. The van der Waals surface area contributed by atoms with Gasteiger partial charge in [0.15, 0.2) is 0 Å². The van der Waals surface area contributed by atoms with E-state index in [2.05, 4.69) is 0 Å². The first-order valence-corrected chi connectivity index (χ1v) is 6.85. The third-order valence-corrected chi connectivity index (χ3v) is 2.83. The molecule has 0 heterocycles. The number of nitrogens with two attached hydrogens (primary N) is 1. The first-order chi connectivity index (χ1) is 9.45. The third kappa shape index (κ3) is 4.74. The van der Waals surface area contributed by atoms with E-state index in [1.54, 1.807) is 25.1 Å². The van der Waals surface area contributed by atoms with Gasteiger partial charge in [0.2, 0.25) is 0 Å². The van der Waals surface area contributed by atoms with E-state index < -0.39 is 0 Å². The Labute approximate surface area is 120 Å². The Hall–Kier alpha value is -1.75. The summed E-state index contributed by atoms with van der Waals surface area (Å²) in [6, 6.07) is 5.15. The average molecular weight is 280 g/mol. The fraction of sp³-hybridized carbons (Fsp3) is 0.533. The lowest BCUT2D eigenvalue weighted by molar-refractivity contribution is 0.0526. The number of benzene rings is 1. The highest BCUT2D eigenvalue weighted by atomic mass is 16.5. The first-order valence-electron chi connectivity index (χ1n) is 6.85. The number of esters is 1. The van der Waals surface area contributed by atoms with Crippen molar-refractivity contribution in [3.63, 3.8) is 0 Å². The van der Waals surface area contributed by atoms with Gasteiger partial charge in [0.1, 0.15) is 0 Å². The van der Waals surface area contributed by atoms with Gasteiger partial charge < -0.3 is 20.1 Å². The Morgan fingerprint density at radius 2 is 2.10 bits per heavy atom. The lowest BCUT2D eigenvalue weighted by Gasteiger charge is -2.22. The predicted octanol–water partition coefficient (Wildman–Crippen LogP) is 2.31. The molecule has 0 atom stereocenters. The Morgan fingerprint density at radius 1 is 1.40 bits per heavy atom. The van der Waals surface area contributed by atoms with Crippen LogP contribution in [0.5, 0.6) is 0 Å². The van der Waals surface area contributed by atoms with Crippen molar-refractivity contribution in [2.24, 2.45) is 0 Å². The number of carbonyl (C=O) groups is 1. The Bertz CT molecular complexity index is 447. The lowest BCUT2D eigenvalue weighted by atomic mass is 10.1.